The maximum Gasteiger partial charge on any atom is 0.340 e. The molecule has 4 aromatic rings. The Kier molecular flexibility index (Phi) is 9.64. The van der Waals surface area contributed by atoms with E-state index in [9.17, 15) is 100 Å². The van der Waals surface area contributed by atoms with Crippen LogP contribution in [0.2, 0.25) is 0 Å². The monoisotopic (exact) mass is 952 g/mol. The van der Waals surface area contributed by atoms with Crippen molar-refractivity contribution in [1.82, 2.24) is 0 Å². The number of phenols is 11. The van der Waals surface area contributed by atoms with E-state index in [0.29, 0.717) is 30.3 Å². The minimum absolute atomic E-state index is 0.207. The van der Waals surface area contributed by atoms with Crippen molar-refractivity contribution in [2.75, 3.05) is 6.61 Å². The number of hydrogen-bond acceptors (Lipinski definition) is 27. The van der Waals surface area contributed by atoms with E-state index in [0.717, 1.165) is 0 Å². The first-order valence-corrected chi connectivity index (χ1v) is 19.1. The quantitative estimate of drug-likeness (QED) is 0.0491. The van der Waals surface area contributed by atoms with Crippen LogP contribution in [0.25, 0.3) is 11.1 Å². The first kappa shape index (κ1) is 44.3. The molecule has 0 saturated carbocycles. The standard InChI is InChI=1S/C41H28O27/c42-13-1-8(2-14(43)24(13)48)34(54)67-39-33-32-30(64-38(58)12-6-19(47)40(59,60)41(61)23(12)22-11(37(57)66-33)5-17(46)27(51)31(22)68-41)18(63-39)7-62-35(55)9-3-15(44)25(49)28(52)20(9)21-10(36(56)65-32)4-16(45)26(50)29(21)53/h1-6,18,23,30,32-33,39,42-46,48-53,59-61H,7H2/t18-,23?,30-,32+,33-,39+,41?/m1/s1. The SMILES string of the molecule is O=C1O[C@H]2[C@@H]3OC(=O)c4cc(O)c(O)c(O)c4-c4c(cc(O)c(O)c4O)C(=O)OC[C@H]2O[C@@H](OC(=O)c2cc(O)c(O)c(O)c2)[C@@H]3OC(=O)c2cc(O)c(O)c3c2C2C1=CC(=O)C(O)(O)C2(O)O3. The van der Waals surface area contributed by atoms with Crippen molar-refractivity contribution in [3.63, 3.8) is 0 Å². The summed E-state index contributed by atoms with van der Waals surface area (Å²) in [7, 11) is 0. The van der Waals surface area contributed by atoms with Gasteiger partial charge in [0.25, 0.3) is 11.6 Å². The number of cyclic esters (lactones) is 1. The Bertz CT molecular complexity index is 3020. The Labute approximate surface area is 373 Å². The molecule has 14 N–H and O–H groups in total. The molecule has 1 fully saturated rings. The van der Waals surface area contributed by atoms with Crippen molar-refractivity contribution < 1.29 is 133 Å². The molecule has 0 aromatic heterocycles. The second-order valence-electron chi connectivity index (χ2n) is 15.5. The summed E-state index contributed by atoms with van der Waals surface area (Å²) in [6.07, 6.45) is -12.1. The molecule has 9 rings (SSSR count). The summed E-state index contributed by atoms with van der Waals surface area (Å²) in [5.41, 5.74) is -8.25. The predicted octanol–water partition coefficient (Wildman–Crippen LogP) is -1.10. The number of phenolic OH excluding ortho intramolecular Hbond substituents is 11. The van der Waals surface area contributed by atoms with Crippen LogP contribution in [0.15, 0.2) is 42.0 Å². The van der Waals surface area contributed by atoms with Crippen LogP contribution in [0.3, 0.4) is 0 Å². The van der Waals surface area contributed by atoms with Gasteiger partial charge in [-0.05, 0) is 36.4 Å². The van der Waals surface area contributed by atoms with Gasteiger partial charge < -0.3 is 105 Å². The molecule has 1 saturated heterocycles. The molecule has 27 heteroatoms. The summed E-state index contributed by atoms with van der Waals surface area (Å²) >= 11 is 0. The lowest BCUT2D eigenvalue weighted by Crippen LogP contribution is -2.66. The number of hydrogen-bond donors (Lipinski definition) is 14. The van der Waals surface area contributed by atoms with Gasteiger partial charge in [-0.2, -0.15) is 0 Å². The van der Waals surface area contributed by atoms with Crippen LogP contribution in [-0.4, -0.2) is 156 Å². The lowest BCUT2D eigenvalue weighted by atomic mass is 9.74. The van der Waals surface area contributed by atoms with Gasteiger partial charge in [-0.1, -0.05) is 0 Å². The maximum absolute atomic E-state index is 14.6. The minimum Gasteiger partial charge on any atom is -0.504 e. The summed E-state index contributed by atoms with van der Waals surface area (Å²) in [4.78, 5) is 84.6. The Morgan fingerprint density at radius 3 is 1.68 bits per heavy atom. The molecule has 2 unspecified atom stereocenters. The van der Waals surface area contributed by atoms with E-state index < -0.39 is 204 Å². The second-order valence-corrected chi connectivity index (χ2v) is 15.5. The molecule has 5 aliphatic rings. The molecule has 0 radical (unpaired) electrons. The molecule has 4 heterocycles. The molecule has 4 bridgehead atoms. The number of benzene rings is 4. The van der Waals surface area contributed by atoms with E-state index in [-0.39, 0.29) is 6.08 Å². The van der Waals surface area contributed by atoms with Crippen LogP contribution in [0.4, 0.5) is 0 Å². The van der Waals surface area contributed by atoms with Crippen LogP contribution in [0, 0.1) is 0 Å². The highest BCUT2D eigenvalue weighted by Gasteiger charge is 2.70. The third-order valence-corrected chi connectivity index (χ3v) is 11.5. The van der Waals surface area contributed by atoms with Crippen LogP contribution in [-0.2, 0) is 38.0 Å². The zero-order valence-corrected chi connectivity index (χ0v) is 33.2. The zero-order valence-electron chi connectivity index (χ0n) is 33.2. The molecule has 4 aliphatic heterocycles. The zero-order chi connectivity index (χ0) is 49.4. The molecule has 27 nitrogen and oxygen atoms in total. The van der Waals surface area contributed by atoms with E-state index in [1.165, 1.54) is 0 Å². The number of rotatable bonds is 2. The van der Waals surface area contributed by atoms with Crippen molar-refractivity contribution in [3.05, 3.63) is 69.8 Å². The van der Waals surface area contributed by atoms with Crippen molar-refractivity contribution in [1.29, 1.82) is 0 Å². The second kappa shape index (κ2) is 14.8. The van der Waals surface area contributed by atoms with Gasteiger partial charge in [0, 0.05) is 16.7 Å². The Hall–Kier alpha value is -8.92. The lowest BCUT2D eigenvalue weighted by Gasteiger charge is -2.44. The molecule has 7 atom stereocenters. The van der Waals surface area contributed by atoms with Gasteiger partial charge in [0.05, 0.1) is 33.7 Å². The molecule has 0 amide bonds. The van der Waals surface area contributed by atoms with E-state index in [1.54, 1.807) is 0 Å². The van der Waals surface area contributed by atoms with Crippen molar-refractivity contribution in [2.24, 2.45) is 0 Å². The van der Waals surface area contributed by atoms with Gasteiger partial charge in [-0.15, -0.1) is 0 Å². The summed E-state index contributed by atoms with van der Waals surface area (Å²) in [5, 5.41) is 150. The highest BCUT2D eigenvalue weighted by Crippen LogP contribution is 2.60. The molecular formula is C41H28O27. The van der Waals surface area contributed by atoms with Gasteiger partial charge in [0.15, 0.2) is 64.0 Å². The Morgan fingerprint density at radius 2 is 1.07 bits per heavy atom. The molecule has 4 aromatic carbocycles. The highest BCUT2D eigenvalue weighted by molar-refractivity contribution is 6.09. The Morgan fingerprint density at radius 1 is 0.574 bits per heavy atom. The number of ether oxygens (including phenoxy) is 7. The van der Waals surface area contributed by atoms with E-state index in [1.807, 2.05) is 0 Å². The number of carbonyl (C=O) groups excluding carboxylic acids is 6. The van der Waals surface area contributed by atoms with Crippen molar-refractivity contribution in [3.8, 4) is 80.1 Å². The molecule has 354 valence electrons. The average molecular weight is 953 g/mol. The van der Waals surface area contributed by atoms with Gasteiger partial charge in [0.1, 0.15) is 12.7 Å². The normalized spacial score (nSPS) is 25.7. The first-order valence-electron chi connectivity index (χ1n) is 19.1. The fourth-order valence-electron chi connectivity index (χ4n) is 8.26. The van der Waals surface area contributed by atoms with E-state index in [4.69, 9.17) is 33.2 Å². The van der Waals surface area contributed by atoms with Crippen molar-refractivity contribution in [2.45, 2.75) is 48.2 Å². The van der Waals surface area contributed by atoms with E-state index >= 15 is 0 Å². The minimum atomic E-state index is -4.02. The third-order valence-electron chi connectivity index (χ3n) is 11.5. The van der Waals surface area contributed by atoms with Crippen LogP contribution in [0.1, 0.15) is 52.9 Å². The van der Waals surface area contributed by atoms with Gasteiger partial charge in [0.2, 0.25) is 35.4 Å². The fourth-order valence-corrected chi connectivity index (χ4v) is 8.26. The number of carbonyl (C=O) groups is 6. The predicted molar refractivity (Wildman–Crippen MR) is 204 cm³/mol. The summed E-state index contributed by atoms with van der Waals surface area (Å²) in [5.74, 6) is -36.2. The van der Waals surface area contributed by atoms with E-state index in [2.05, 4.69) is 0 Å². The summed E-state index contributed by atoms with van der Waals surface area (Å²) in [6, 6.07) is 2.36. The number of aromatic hydroxyl groups is 11. The van der Waals surface area contributed by atoms with Gasteiger partial charge in [-0.3, -0.25) is 4.79 Å². The topological polar surface area (TPSA) is 450 Å². The maximum atomic E-state index is 14.6. The fraction of sp³-hybridized carbons (Fsp3) is 0.220. The molecule has 1 aliphatic carbocycles. The average Bonchev–Trinajstić information content (AvgIpc) is 3.61. The summed E-state index contributed by atoms with van der Waals surface area (Å²) in [6.45, 7) is -1.31. The largest absolute Gasteiger partial charge is 0.504 e. The number of ketones is 1. The number of fused-ring (bicyclic) bond motifs is 3. The third kappa shape index (κ3) is 6.21. The number of aliphatic hydroxyl groups is 3. The smallest absolute Gasteiger partial charge is 0.340 e. The van der Waals surface area contributed by atoms with Gasteiger partial charge in [-0.25, -0.2) is 24.0 Å². The molecule has 68 heavy (non-hydrogen) atoms. The van der Waals surface area contributed by atoms with Gasteiger partial charge >= 0.3 is 29.8 Å². The molecular weight excluding hydrogens is 924 g/mol. The highest BCUT2D eigenvalue weighted by atomic mass is 16.8. The van der Waals surface area contributed by atoms with Crippen LogP contribution >= 0.6 is 0 Å². The summed E-state index contributed by atoms with van der Waals surface area (Å²) < 4.78 is 39.1. The lowest BCUT2D eigenvalue weighted by molar-refractivity contribution is -0.323. The van der Waals surface area contributed by atoms with Crippen LogP contribution in [0.5, 0.6) is 69.0 Å². The Balaban J connectivity index is 1.29. The number of esters is 5. The first-order chi connectivity index (χ1) is 31.9. The van der Waals surface area contributed by atoms with Crippen LogP contribution < -0.4 is 4.74 Å². The molecule has 0 spiro atoms. The van der Waals surface area contributed by atoms with Crippen molar-refractivity contribution >= 4 is 35.6 Å².